The Bertz CT molecular complexity index is 814. The third-order valence-electron chi connectivity index (χ3n) is 5.83. The number of nitrogens with zero attached hydrogens (tertiary/aromatic N) is 1. The Balaban J connectivity index is 1.37. The number of piperidine rings is 1. The quantitative estimate of drug-likeness (QED) is 0.849. The summed E-state index contributed by atoms with van der Waals surface area (Å²) >= 11 is 0. The first-order valence-electron chi connectivity index (χ1n) is 10.1. The van der Waals surface area contributed by atoms with E-state index in [0.29, 0.717) is 38.3 Å². The highest BCUT2D eigenvalue weighted by molar-refractivity contribution is 5.44. The van der Waals surface area contributed by atoms with Gasteiger partial charge in [-0.1, -0.05) is 35.9 Å². The lowest BCUT2D eigenvalue weighted by molar-refractivity contribution is -0.0345. The molecule has 2 aromatic carbocycles. The molecule has 5 heteroatoms. The molecule has 150 valence electrons. The number of rotatable bonds is 4. The van der Waals surface area contributed by atoms with Crippen molar-refractivity contribution in [3.8, 4) is 11.5 Å². The van der Waals surface area contributed by atoms with Crippen molar-refractivity contribution in [1.82, 2.24) is 4.90 Å². The molecular weight excluding hydrogens is 354 g/mol. The van der Waals surface area contributed by atoms with E-state index in [9.17, 15) is 10.2 Å². The molecule has 0 amide bonds. The van der Waals surface area contributed by atoms with Gasteiger partial charge in [0, 0.05) is 26.1 Å². The Labute approximate surface area is 166 Å². The summed E-state index contributed by atoms with van der Waals surface area (Å²) in [6, 6.07) is 13.8. The van der Waals surface area contributed by atoms with Crippen LogP contribution in [-0.2, 0) is 5.60 Å². The van der Waals surface area contributed by atoms with Crippen molar-refractivity contribution in [2.45, 2.75) is 37.9 Å². The van der Waals surface area contributed by atoms with Crippen LogP contribution in [0.2, 0.25) is 0 Å². The van der Waals surface area contributed by atoms with E-state index in [1.165, 1.54) is 0 Å². The summed E-state index contributed by atoms with van der Waals surface area (Å²) < 4.78 is 11.4. The second-order valence-electron chi connectivity index (χ2n) is 7.97. The van der Waals surface area contributed by atoms with Crippen molar-refractivity contribution < 1.29 is 19.7 Å². The minimum Gasteiger partial charge on any atom is -0.490 e. The lowest BCUT2D eigenvalue weighted by atomic mass is 9.84. The summed E-state index contributed by atoms with van der Waals surface area (Å²) in [4.78, 5) is 2.22. The standard InChI is InChI=1S/C23H29NO4/c1-17-4-2-5-19(14-17)23(26)8-10-24(11-9-23)16-20(25)18-6-7-21-22(15-18)28-13-3-12-27-21/h2,4-7,14-15,20,25-26H,3,8-13,16H2,1H3/t20-/m0/s1. The summed E-state index contributed by atoms with van der Waals surface area (Å²) in [5.74, 6) is 1.45. The number of aliphatic hydroxyl groups is 2. The largest absolute Gasteiger partial charge is 0.490 e. The fourth-order valence-corrected chi connectivity index (χ4v) is 4.07. The molecule has 28 heavy (non-hydrogen) atoms. The van der Waals surface area contributed by atoms with Gasteiger partial charge in [-0.05, 0) is 43.0 Å². The van der Waals surface area contributed by atoms with Crippen LogP contribution in [0, 0.1) is 6.92 Å². The molecule has 0 aromatic heterocycles. The summed E-state index contributed by atoms with van der Waals surface area (Å²) in [5.41, 5.74) is 2.22. The zero-order valence-corrected chi connectivity index (χ0v) is 16.4. The van der Waals surface area contributed by atoms with Crippen LogP contribution >= 0.6 is 0 Å². The normalized spacial score (nSPS) is 20.4. The Morgan fingerprint density at radius 1 is 1.04 bits per heavy atom. The molecule has 2 heterocycles. The number of hydrogen-bond acceptors (Lipinski definition) is 5. The van der Waals surface area contributed by atoms with Gasteiger partial charge in [0.1, 0.15) is 0 Å². The molecule has 0 bridgehead atoms. The van der Waals surface area contributed by atoms with Crippen molar-refractivity contribution in [3.05, 3.63) is 59.2 Å². The molecule has 1 atom stereocenters. The summed E-state index contributed by atoms with van der Waals surface area (Å²) in [6.07, 6.45) is 1.61. The monoisotopic (exact) mass is 383 g/mol. The van der Waals surface area contributed by atoms with E-state index < -0.39 is 11.7 Å². The van der Waals surface area contributed by atoms with Gasteiger partial charge in [-0.25, -0.2) is 0 Å². The molecule has 2 aliphatic rings. The number of ether oxygens (including phenoxy) is 2. The number of aryl methyl sites for hydroxylation is 1. The molecule has 5 nitrogen and oxygen atoms in total. The Morgan fingerprint density at radius 2 is 1.79 bits per heavy atom. The van der Waals surface area contributed by atoms with E-state index >= 15 is 0 Å². The fraction of sp³-hybridized carbons (Fsp3) is 0.478. The van der Waals surface area contributed by atoms with Gasteiger partial charge in [0.25, 0.3) is 0 Å². The van der Waals surface area contributed by atoms with Gasteiger partial charge in [0.05, 0.1) is 24.9 Å². The molecular formula is C23H29NO4. The third-order valence-corrected chi connectivity index (χ3v) is 5.83. The molecule has 0 aliphatic carbocycles. The molecule has 0 unspecified atom stereocenters. The SMILES string of the molecule is Cc1cccc(C2(O)CCN(C[C@H](O)c3ccc4c(c3)OCCCO4)CC2)c1. The first-order chi connectivity index (χ1) is 13.5. The van der Waals surface area contributed by atoms with Crippen molar-refractivity contribution in [2.24, 2.45) is 0 Å². The van der Waals surface area contributed by atoms with E-state index in [2.05, 4.69) is 11.0 Å². The van der Waals surface area contributed by atoms with Crippen LogP contribution in [0.5, 0.6) is 11.5 Å². The minimum atomic E-state index is -0.775. The number of β-amino-alcohol motifs (C(OH)–C–C–N with tert-alkyl or cyclic N) is 1. The van der Waals surface area contributed by atoms with E-state index in [-0.39, 0.29) is 0 Å². The molecule has 2 aromatic rings. The highest BCUT2D eigenvalue weighted by Crippen LogP contribution is 2.35. The minimum absolute atomic E-state index is 0.545. The lowest BCUT2D eigenvalue weighted by Crippen LogP contribution is -2.44. The molecule has 2 N–H and O–H groups in total. The van der Waals surface area contributed by atoms with E-state index in [4.69, 9.17) is 9.47 Å². The molecule has 1 saturated heterocycles. The molecule has 0 radical (unpaired) electrons. The van der Waals surface area contributed by atoms with E-state index in [1.807, 2.05) is 43.3 Å². The second kappa shape index (κ2) is 8.11. The highest BCUT2D eigenvalue weighted by Gasteiger charge is 2.34. The predicted molar refractivity (Wildman–Crippen MR) is 108 cm³/mol. The van der Waals surface area contributed by atoms with Gasteiger partial charge in [0.2, 0.25) is 0 Å². The maximum absolute atomic E-state index is 11.1. The zero-order valence-electron chi connectivity index (χ0n) is 16.4. The molecule has 2 aliphatic heterocycles. The lowest BCUT2D eigenvalue weighted by Gasteiger charge is -2.39. The molecule has 4 rings (SSSR count). The van der Waals surface area contributed by atoms with Gasteiger partial charge in [0.15, 0.2) is 11.5 Å². The summed E-state index contributed by atoms with van der Waals surface area (Å²) in [6.45, 7) is 5.40. The fourth-order valence-electron chi connectivity index (χ4n) is 4.07. The van der Waals surface area contributed by atoms with E-state index in [1.54, 1.807) is 0 Å². The van der Waals surface area contributed by atoms with Crippen LogP contribution in [0.25, 0.3) is 0 Å². The number of likely N-dealkylation sites (tertiary alicyclic amines) is 1. The van der Waals surface area contributed by atoms with Gasteiger partial charge in [-0.15, -0.1) is 0 Å². The maximum Gasteiger partial charge on any atom is 0.161 e. The zero-order chi connectivity index (χ0) is 19.6. The Hall–Kier alpha value is -2.08. The topological polar surface area (TPSA) is 62.2 Å². The summed E-state index contributed by atoms with van der Waals surface area (Å²) in [5, 5.41) is 21.8. The predicted octanol–water partition coefficient (Wildman–Crippen LogP) is 3.17. The Morgan fingerprint density at radius 3 is 2.54 bits per heavy atom. The van der Waals surface area contributed by atoms with Crippen molar-refractivity contribution in [3.63, 3.8) is 0 Å². The van der Waals surface area contributed by atoms with Crippen LogP contribution in [-0.4, -0.2) is 48.0 Å². The third kappa shape index (κ3) is 4.17. The molecule has 1 fully saturated rings. The molecule has 0 spiro atoms. The smallest absolute Gasteiger partial charge is 0.161 e. The average Bonchev–Trinajstić information content (AvgIpc) is 2.94. The summed E-state index contributed by atoms with van der Waals surface area (Å²) in [7, 11) is 0. The van der Waals surface area contributed by atoms with Crippen molar-refractivity contribution >= 4 is 0 Å². The van der Waals surface area contributed by atoms with Gasteiger partial charge in [-0.2, -0.15) is 0 Å². The van der Waals surface area contributed by atoms with E-state index in [0.717, 1.165) is 42.0 Å². The van der Waals surface area contributed by atoms with Crippen molar-refractivity contribution in [2.75, 3.05) is 32.8 Å². The number of hydrogen-bond donors (Lipinski definition) is 2. The second-order valence-corrected chi connectivity index (χ2v) is 7.97. The van der Waals surface area contributed by atoms with Gasteiger partial charge < -0.3 is 24.6 Å². The first-order valence-corrected chi connectivity index (χ1v) is 10.1. The molecule has 0 saturated carbocycles. The van der Waals surface area contributed by atoms with Gasteiger partial charge >= 0.3 is 0 Å². The van der Waals surface area contributed by atoms with Crippen LogP contribution in [0.15, 0.2) is 42.5 Å². The van der Waals surface area contributed by atoms with Crippen LogP contribution in [0.4, 0.5) is 0 Å². The van der Waals surface area contributed by atoms with Crippen LogP contribution in [0.1, 0.15) is 42.1 Å². The Kier molecular flexibility index (Phi) is 5.58. The number of fused-ring (bicyclic) bond motifs is 1. The van der Waals surface area contributed by atoms with Crippen LogP contribution < -0.4 is 9.47 Å². The number of benzene rings is 2. The highest BCUT2D eigenvalue weighted by atomic mass is 16.5. The van der Waals surface area contributed by atoms with Crippen LogP contribution in [0.3, 0.4) is 0 Å². The first kappa shape index (κ1) is 19.2. The average molecular weight is 383 g/mol. The van der Waals surface area contributed by atoms with Gasteiger partial charge in [-0.3, -0.25) is 0 Å². The maximum atomic E-state index is 11.1. The number of aliphatic hydroxyl groups excluding tert-OH is 1. The van der Waals surface area contributed by atoms with Crippen molar-refractivity contribution in [1.29, 1.82) is 0 Å².